The molecular formula is C21H21BrN4O2. The third kappa shape index (κ3) is 3.54. The lowest BCUT2D eigenvalue weighted by Gasteiger charge is -2.31. The lowest BCUT2D eigenvalue weighted by atomic mass is 9.95. The van der Waals surface area contributed by atoms with Crippen LogP contribution in [0.25, 0.3) is 5.69 Å². The molecule has 4 rings (SSSR count). The van der Waals surface area contributed by atoms with E-state index < -0.39 is 0 Å². The SMILES string of the molecule is Cn1nc(C2CCN(C(=O)c3ccc(Br)cc3)CC2)n(-c2ccccc2)c1=O. The Balaban J connectivity index is 1.53. The van der Waals surface area contributed by atoms with Crippen LogP contribution < -0.4 is 5.69 Å². The summed E-state index contributed by atoms with van der Waals surface area (Å²) >= 11 is 3.40. The van der Waals surface area contributed by atoms with Crippen molar-refractivity contribution in [1.82, 2.24) is 19.2 Å². The van der Waals surface area contributed by atoms with Crippen LogP contribution in [-0.2, 0) is 7.05 Å². The number of aromatic nitrogens is 3. The van der Waals surface area contributed by atoms with Crippen LogP contribution in [0, 0.1) is 0 Å². The molecule has 0 bridgehead atoms. The first-order valence-electron chi connectivity index (χ1n) is 9.31. The minimum Gasteiger partial charge on any atom is -0.339 e. The Hall–Kier alpha value is -2.67. The van der Waals surface area contributed by atoms with E-state index in [0.29, 0.717) is 18.7 Å². The molecule has 1 aromatic heterocycles. The van der Waals surface area contributed by atoms with Crippen molar-refractivity contribution in [3.05, 3.63) is 80.9 Å². The zero-order valence-electron chi connectivity index (χ0n) is 15.6. The Kier molecular flexibility index (Phi) is 5.17. The third-order valence-corrected chi connectivity index (χ3v) is 5.73. The molecule has 1 saturated heterocycles. The van der Waals surface area contributed by atoms with E-state index in [4.69, 9.17) is 0 Å². The molecule has 0 aliphatic carbocycles. The number of halogens is 1. The second-order valence-electron chi connectivity index (χ2n) is 7.01. The molecule has 144 valence electrons. The second-order valence-corrected chi connectivity index (χ2v) is 7.92. The molecule has 0 N–H and O–H groups in total. The van der Waals surface area contributed by atoms with Crippen molar-refractivity contribution in [1.29, 1.82) is 0 Å². The van der Waals surface area contributed by atoms with Crippen LogP contribution in [0.1, 0.15) is 34.9 Å². The lowest BCUT2D eigenvalue weighted by Crippen LogP contribution is -2.38. The lowest BCUT2D eigenvalue weighted by molar-refractivity contribution is 0.0710. The van der Waals surface area contributed by atoms with Crippen LogP contribution in [0.5, 0.6) is 0 Å². The number of amides is 1. The summed E-state index contributed by atoms with van der Waals surface area (Å²) in [6, 6.07) is 17.0. The van der Waals surface area contributed by atoms with Crippen LogP contribution in [0.4, 0.5) is 0 Å². The van der Waals surface area contributed by atoms with Crippen LogP contribution in [0.3, 0.4) is 0 Å². The quantitative estimate of drug-likeness (QED) is 0.627. The van der Waals surface area contributed by atoms with Gasteiger partial charge in [0.2, 0.25) is 0 Å². The van der Waals surface area contributed by atoms with Gasteiger partial charge in [-0.2, -0.15) is 5.10 Å². The highest BCUT2D eigenvalue weighted by Gasteiger charge is 2.29. The van der Waals surface area contributed by atoms with Gasteiger partial charge in [-0.3, -0.25) is 4.79 Å². The van der Waals surface area contributed by atoms with Gasteiger partial charge in [0.1, 0.15) is 5.82 Å². The van der Waals surface area contributed by atoms with E-state index in [0.717, 1.165) is 28.8 Å². The minimum absolute atomic E-state index is 0.0485. The second kappa shape index (κ2) is 7.75. The van der Waals surface area contributed by atoms with E-state index in [2.05, 4.69) is 21.0 Å². The summed E-state index contributed by atoms with van der Waals surface area (Å²) in [6.07, 6.45) is 1.57. The number of nitrogens with zero attached hydrogens (tertiary/aromatic N) is 4. The van der Waals surface area contributed by atoms with Gasteiger partial charge >= 0.3 is 5.69 Å². The summed E-state index contributed by atoms with van der Waals surface area (Å²) in [7, 11) is 1.68. The Labute approximate surface area is 171 Å². The smallest absolute Gasteiger partial charge is 0.339 e. The number of likely N-dealkylation sites (tertiary alicyclic amines) is 1. The van der Waals surface area contributed by atoms with Crippen molar-refractivity contribution in [3.63, 3.8) is 0 Å². The number of carbonyl (C=O) groups is 1. The number of hydrogen-bond acceptors (Lipinski definition) is 3. The summed E-state index contributed by atoms with van der Waals surface area (Å²) in [6.45, 7) is 1.30. The van der Waals surface area contributed by atoms with Crippen molar-refractivity contribution in [3.8, 4) is 5.69 Å². The number of carbonyl (C=O) groups excluding carboxylic acids is 1. The minimum atomic E-state index is -0.144. The van der Waals surface area contributed by atoms with E-state index in [1.54, 1.807) is 11.6 Å². The predicted molar refractivity (Wildman–Crippen MR) is 111 cm³/mol. The van der Waals surface area contributed by atoms with Crippen LogP contribution in [0.2, 0.25) is 0 Å². The first kappa shape index (κ1) is 18.7. The normalized spacial score (nSPS) is 15.0. The first-order chi connectivity index (χ1) is 13.5. The summed E-state index contributed by atoms with van der Waals surface area (Å²) in [5, 5.41) is 4.51. The molecule has 0 saturated carbocycles. The number of piperidine rings is 1. The molecule has 3 aromatic rings. The molecule has 0 radical (unpaired) electrons. The van der Waals surface area contributed by atoms with Crippen LogP contribution in [-0.4, -0.2) is 38.2 Å². The Morgan fingerprint density at radius 1 is 1.04 bits per heavy atom. The molecule has 0 unspecified atom stereocenters. The molecule has 0 spiro atoms. The summed E-state index contributed by atoms with van der Waals surface area (Å²) < 4.78 is 4.04. The van der Waals surface area contributed by atoms with Crippen LogP contribution in [0.15, 0.2) is 63.9 Å². The van der Waals surface area contributed by atoms with Crippen LogP contribution >= 0.6 is 15.9 Å². The molecule has 28 heavy (non-hydrogen) atoms. The predicted octanol–water partition coefficient (Wildman–Crippen LogP) is 3.35. The van der Waals surface area contributed by atoms with Gasteiger partial charge in [-0.05, 0) is 49.2 Å². The molecule has 1 amide bonds. The average Bonchev–Trinajstić information content (AvgIpc) is 3.03. The fraction of sp³-hybridized carbons (Fsp3) is 0.286. The topological polar surface area (TPSA) is 60.1 Å². The fourth-order valence-electron chi connectivity index (χ4n) is 3.68. The molecule has 2 aromatic carbocycles. The molecule has 6 nitrogen and oxygen atoms in total. The van der Waals surface area contributed by atoms with Crippen molar-refractivity contribution in [2.75, 3.05) is 13.1 Å². The van der Waals surface area contributed by atoms with Gasteiger partial charge in [0, 0.05) is 36.1 Å². The highest BCUT2D eigenvalue weighted by Crippen LogP contribution is 2.28. The Morgan fingerprint density at radius 3 is 2.32 bits per heavy atom. The van der Waals surface area contributed by atoms with Gasteiger partial charge in [-0.25, -0.2) is 14.0 Å². The summed E-state index contributed by atoms with van der Waals surface area (Å²) in [5.41, 5.74) is 1.37. The van der Waals surface area contributed by atoms with Crippen molar-refractivity contribution >= 4 is 21.8 Å². The van der Waals surface area contributed by atoms with Crippen molar-refractivity contribution < 1.29 is 4.79 Å². The fourth-order valence-corrected chi connectivity index (χ4v) is 3.95. The van der Waals surface area contributed by atoms with E-state index in [-0.39, 0.29) is 17.5 Å². The number of rotatable bonds is 3. The number of benzene rings is 2. The number of hydrogen-bond donors (Lipinski definition) is 0. The number of aryl methyl sites for hydroxylation is 1. The van der Waals surface area contributed by atoms with Gasteiger partial charge in [0.15, 0.2) is 0 Å². The molecule has 1 fully saturated rings. The third-order valence-electron chi connectivity index (χ3n) is 5.20. The molecule has 2 heterocycles. The molecule has 0 atom stereocenters. The Morgan fingerprint density at radius 2 is 1.68 bits per heavy atom. The monoisotopic (exact) mass is 440 g/mol. The zero-order valence-corrected chi connectivity index (χ0v) is 17.2. The van der Waals surface area contributed by atoms with Gasteiger partial charge in [-0.15, -0.1) is 0 Å². The maximum Gasteiger partial charge on any atom is 0.350 e. The maximum absolute atomic E-state index is 12.7. The van der Waals surface area contributed by atoms with E-state index in [1.165, 1.54) is 4.68 Å². The maximum atomic E-state index is 12.7. The molecular weight excluding hydrogens is 420 g/mol. The van der Waals surface area contributed by atoms with Gasteiger partial charge in [0.05, 0.1) is 5.69 Å². The van der Waals surface area contributed by atoms with Gasteiger partial charge in [-0.1, -0.05) is 34.1 Å². The number of para-hydroxylation sites is 1. The average molecular weight is 441 g/mol. The van der Waals surface area contributed by atoms with E-state index >= 15 is 0 Å². The van der Waals surface area contributed by atoms with Crippen molar-refractivity contribution in [2.24, 2.45) is 7.05 Å². The molecule has 7 heteroatoms. The highest BCUT2D eigenvalue weighted by atomic mass is 79.9. The van der Waals surface area contributed by atoms with E-state index in [9.17, 15) is 9.59 Å². The van der Waals surface area contributed by atoms with E-state index in [1.807, 2.05) is 59.5 Å². The zero-order chi connectivity index (χ0) is 19.7. The first-order valence-corrected chi connectivity index (χ1v) is 10.1. The Bertz CT molecular complexity index is 1030. The molecule has 1 aliphatic heterocycles. The van der Waals surface area contributed by atoms with Gasteiger partial charge < -0.3 is 4.90 Å². The standard InChI is InChI=1S/C21H21BrN4O2/c1-24-21(28)26(18-5-3-2-4-6-18)19(23-24)15-11-13-25(14-12-15)20(27)16-7-9-17(22)10-8-16/h2-10,15H,11-14H2,1H3. The summed E-state index contributed by atoms with van der Waals surface area (Å²) in [5.74, 6) is 0.963. The largest absolute Gasteiger partial charge is 0.350 e. The highest BCUT2D eigenvalue weighted by molar-refractivity contribution is 9.10. The van der Waals surface area contributed by atoms with Gasteiger partial charge in [0.25, 0.3) is 5.91 Å². The molecule has 1 aliphatic rings. The summed E-state index contributed by atoms with van der Waals surface area (Å²) in [4.78, 5) is 27.2. The van der Waals surface area contributed by atoms with Crippen molar-refractivity contribution in [2.45, 2.75) is 18.8 Å².